The predicted molar refractivity (Wildman–Crippen MR) is 97.7 cm³/mol. The third-order valence-electron chi connectivity index (χ3n) is 4.45. The van der Waals surface area contributed by atoms with Gasteiger partial charge in [-0.2, -0.15) is 0 Å². The summed E-state index contributed by atoms with van der Waals surface area (Å²) in [7, 11) is 1.65. The normalized spacial score (nSPS) is 15.1. The Bertz CT molecular complexity index is 581. The van der Waals surface area contributed by atoms with Crippen molar-refractivity contribution in [3.63, 3.8) is 0 Å². The molecule has 1 fully saturated rings. The summed E-state index contributed by atoms with van der Waals surface area (Å²) in [4.78, 5) is 26.1. The molecule has 0 aromatic heterocycles. The van der Waals surface area contributed by atoms with Crippen LogP contribution in [0.4, 0.5) is 4.79 Å². The van der Waals surface area contributed by atoms with Crippen LogP contribution in [0.5, 0.6) is 5.75 Å². The van der Waals surface area contributed by atoms with Gasteiger partial charge in [-0.1, -0.05) is 18.2 Å². The minimum atomic E-state index is -0.0370. The fourth-order valence-corrected chi connectivity index (χ4v) is 3.06. The van der Waals surface area contributed by atoms with Gasteiger partial charge in [-0.25, -0.2) is 4.79 Å². The molecule has 1 aromatic carbocycles. The number of rotatable bonds is 6. The number of benzene rings is 1. The van der Waals surface area contributed by atoms with Crippen LogP contribution in [-0.4, -0.2) is 49.6 Å². The highest BCUT2D eigenvalue weighted by Gasteiger charge is 2.27. The molecule has 2 N–H and O–H groups in total. The number of amides is 3. The summed E-state index contributed by atoms with van der Waals surface area (Å²) < 4.78 is 5.32. The van der Waals surface area contributed by atoms with Gasteiger partial charge in [0, 0.05) is 31.6 Å². The number of likely N-dealkylation sites (tertiary alicyclic amines) is 1. The molecule has 3 amide bonds. The maximum Gasteiger partial charge on any atom is 0.317 e. The predicted octanol–water partition coefficient (Wildman–Crippen LogP) is 2.18. The largest absolute Gasteiger partial charge is 0.496 e. The zero-order valence-electron chi connectivity index (χ0n) is 15.4. The lowest BCUT2D eigenvalue weighted by Crippen LogP contribution is -2.48. The van der Waals surface area contributed by atoms with Crippen molar-refractivity contribution in [2.24, 2.45) is 5.92 Å². The van der Waals surface area contributed by atoms with Crippen molar-refractivity contribution < 1.29 is 14.3 Å². The third-order valence-corrected chi connectivity index (χ3v) is 4.45. The molecule has 0 atom stereocenters. The summed E-state index contributed by atoms with van der Waals surface area (Å²) in [6.07, 6.45) is 2.17. The molecule has 1 aliphatic rings. The molecule has 0 radical (unpaired) electrons. The highest BCUT2D eigenvalue weighted by atomic mass is 16.5. The lowest BCUT2D eigenvalue weighted by atomic mass is 9.96. The lowest BCUT2D eigenvalue weighted by molar-refractivity contribution is -0.126. The van der Waals surface area contributed by atoms with Crippen molar-refractivity contribution in [2.45, 2.75) is 39.2 Å². The average molecular weight is 347 g/mol. The fourth-order valence-electron chi connectivity index (χ4n) is 3.06. The van der Waals surface area contributed by atoms with Crippen LogP contribution in [0.2, 0.25) is 0 Å². The molecule has 138 valence electrons. The first-order valence-electron chi connectivity index (χ1n) is 8.96. The van der Waals surface area contributed by atoms with Gasteiger partial charge < -0.3 is 20.3 Å². The fraction of sp³-hybridized carbons (Fsp3) is 0.579. The van der Waals surface area contributed by atoms with Crippen molar-refractivity contribution in [1.82, 2.24) is 15.5 Å². The van der Waals surface area contributed by atoms with E-state index >= 15 is 0 Å². The number of nitrogens with one attached hydrogen (secondary N) is 2. The van der Waals surface area contributed by atoms with E-state index in [1.54, 1.807) is 12.0 Å². The summed E-state index contributed by atoms with van der Waals surface area (Å²) >= 11 is 0. The van der Waals surface area contributed by atoms with Crippen LogP contribution in [0, 0.1) is 5.92 Å². The number of urea groups is 1. The monoisotopic (exact) mass is 347 g/mol. The zero-order chi connectivity index (χ0) is 18.2. The van der Waals surface area contributed by atoms with Crippen LogP contribution >= 0.6 is 0 Å². The summed E-state index contributed by atoms with van der Waals surface area (Å²) in [6.45, 7) is 5.74. The molecule has 6 nitrogen and oxygen atoms in total. The van der Waals surface area contributed by atoms with E-state index in [0.29, 0.717) is 32.5 Å². The Morgan fingerprint density at radius 2 is 1.92 bits per heavy atom. The van der Waals surface area contributed by atoms with Gasteiger partial charge in [-0.3, -0.25) is 4.79 Å². The Balaban J connectivity index is 1.73. The molecule has 0 unspecified atom stereocenters. The quantitative estimate of drug-likeness (QED) is 0.829. The first-order valence-corrected chi connectivity index (χ1v) is 8.96. The molecule has 1 saturated heterocycles. The van der Waals surface area contributed by atoms with Gasteiger partial charge in [0.2, 0.25) is 5.91 Å². The molecule has 1 aromatic rings. The summed E-state index contributed by atoms with van der Waals surface area (Å²) in [5.74, 6) is 0.917. The number of carbonyl (C=O) groups excluding carboxylic acids is 2. The van der Waals surface area contributed by atoms with Crippen LogP contribution in [0.25, 0.3) is 0 Å². The number of para-hydroxylation sites is 1. The number of carbonyl (C=O) groups is 2. The molecular weight excluding hydrogens is 318 g/mol. The van der Waals surface area contributed by atoms with Gasteiger partial charge in [0.05, 0.1) is 7.11 Å². The second-order valence-corrected chi connectivity index (χ2v) is 6.72. The first-order chi connectivity index (χ1) is 12.0. The first kappa shape index (κ1) is 19.1. The van der Waals surface area contributed by atoms with E-state index in [0.717, 1.165) is 17.7 Å². The van der Waals surface area contributed by atoms with Gasteiger partial charge in [0.1, 0.15) is 5.75 Å². The summed E-state index contributed by atoms with van der Waals surface area (Å²) in [6, 6.07) is 7.93. The van der Waals surface area contributed by atoms with Crippen LogP contribution in [-0.2, 0) is 11.2 Å². The van der Waals surface area contributed by atoms with Gasteiger partial charge in [0.15, 0.2) is 0 Å². The maximum atomic E-state index is 12.3. The van der Waals surface area contributed by atoms with Crippen molar-refractivity contribution in [1.29, 1.82) is 0 Å². The number of methoxy groups -OCH3 is 1. The summed E-state index contributed by atoms with van der Waals surface area (Å²) in [5, 5.41) is 5.91. The Morgan fingerprint density at radius 1 is 1.24 bits per heavy atom. The topological polar surface area (TPSA) is 70.7 Å². The third kappa shape index (κ3) is 5.66. The Hall–Kier alpha value is -2.24. The molecule has 1 heterocycles. The van der Waals surface area contributed by atoms with Crippen LogP contribution in [0.1, 0.15) is 32.3 Å². The van der Waals surface area contributed by atoms with E-state index in [9.17, 15) is 9.59 Å². The number of ether oxygens (including phenoxy) is 1. The zero-order valence-corrected chi connectivity index (χ0v) is 15.4. The minimum absolute atomic E-state index is 0.0132. The van der Waals surface area contributed by atoms with E-state index in [4.69, 9.17) is 4.74 Å². The molecule has 0 bridgehead atoms. The van der Waals surface area contributed by atoms with Gasteiger partial charge in [-0.05, 0) is 44.7 Å². The van der Waals surface area contributed by atoms with Crippen molar-refractivity contribution in [2.75, 3.05) is 26.7 Å². The van der Waals surface area contributed by atoms with E-state index in [-0.39, 0.29) is 23.9 Å². The number of hydrogen-bond donors (Lipinski definition) is 2. The molecule has 25 heavy (non-hydrogen) atoms. The molecule has 6 heteroatoms. The van der Waals surface area contributed by atoms with E-state index in [2.05, 4.69) is 10.6 Å². The molecule has 1 aliphatic heterocycles. The SMILES string of the molecule is COc1ccccc1CCNC(=O)C1CCN(C(=O)NC(C)C)CC1. The van der Waals surface area contributed by atoms with Crippen LogP contribution in [0.15, 0.2) is 24.3 Å². The maximum absolute atomic E-state index is 12.3. The Labute approximate surface area is 149 Å². The second-order valence-electron chi connectivity index (χ2n) is 6.72. The molecule has 2 rings (SSSR count). The van der Waals surface area contributed by atoms with Gasteiger partial charge in [0.25, 0.3) is 0 Å². The second kappa shape index (κ2) is 9.30. The molecular formula is C19H29N3O3. The average Bonchev–Trinajstić information content (AvgIpc) is 2.61. The van der Waals surface area contributed by atoms with Gasteiger partial charge in [-0.15, -0.1) is 0 Å². The lowest BCUT2D eigenvalue weighted by Gasteiger charge is -2.32. The number of nitrogens with zero attached hydrogens (tertiary/aromatic N) is 1. The Morgan fingerprint density at radius 3 is 2.56 bits per heavy atom. The van der Waals surface area contributed by atoms with Crippen molar-refractivity contribution >= 4 is 11.9 Å². The minimum Gasteiger partial charge on any atom is -0.496 e. The number of piperidine rings is 1. The smallest absolute Gasteiger partial charge is 0.317 e. The van der Waals surface area contributed by atoms with Crippen molar-refractivity contribution in [3.8, 4) is 5.75 Å². The Kier molecular flexibility index (Phi) is 7.10. The van der Waals surface area contributed by atoms with Crippen molar-refractivity contribution in [3.05, 3.63) is 29.8 Å². The molecule has 0 spiro atoms. The van der Waals surface area contributed by atoms with E-state index in [1.807, 2.05) is 38.1 Å². The standard InChI is InChI=1S/C19H29N3O3/c1-14(2)21-19(24)22-12-9-16(10-13-22)18(23)20-11-8-15-6-4-5-7-17(15)25-3/h4-7,14,16H,8-13H2,1-3H3,(H,20,23)(H,21,24). The number of hydrogen-bond acceptors (Lipinski definition) is 3. The van der Waals surface area contributed by atoms with E-state index in [1.165, 1.54) is 0 Å². The molecule has 0 saturated carbocycles. The van der Waals surface area contributed by atoms with Gasteiger partial charge >= 0.3 is 6.03 Å². The van der Waals surface area contributed by atoms with Crippen LogP contribution in [0.3, 0.4) is 0 Å². The highest BCUT2D eigenvalue weighted by molar-refractivity contribution is 5.79. The van der Waals surface area contributed by atoms with E-state index < -0.39 is 0 Å². The highest BCUT2D eigenvalue weighted by Crippen LogP contribution is 2.19. The van der Waals surface area contributed by atoms with Crippen LogP contribution < -0.4 is 15.4 Å². The summed E-state index contributed by atoms with van der Waals surface area (Å²) in [5.41, 5.74) is 1.09. The molecule has 0 aliphatic carbocycles.